The van der Waals surface area contributed by atoms with Crippen molar-refractivity contribution in [3.63, 3.8) is 0 Å². The van der Waals surface area contributed by atoms with Gasteiger partial charge in [0, 0.05) is 0 Å². The summed E-state index contributed by atoms with van der Waals surface area (Å²) >= 11 is 0. The minimum absolute atomic E-state index is 0.309. The molecule has 2 atom stereocenters. The number of hydrogen-bond donors (Lipinski definition) is 3. The zero-order chi connectivity index (χ0) is 26.7. The molecule has 8 heteroatoms. The summed E-state index contributed by atoms with van der Waals surface area (Å²) < 4.78 is 4.73. The standard InChI is InChI=1S/C27H48O8/c1-21(29)27(22(2)30,23(3)31)18-16-14-12-10-8-6-4-5-7-9-11-13-15-17-25(33)26(34)35-20-24(32)19-28/h24-25,28,32-33H,4-20H2,1-3H3. The van der Waals surface area contributed by atoms with E-state index in [1.807, 2.05) is 0 Å². The van der Waals surface area contributed by atoms with Crippen LogP contribution in [0.15, 0.2) is 0 Å². The first-order valence-corrected chi connectivity index (χ1v) is 13.3. The highest BCUT2D eigenvalue weighted by Crippen LogP contribution is 2.29. The third kappa shape index (κ3) is 13.9. The van der Waals surface area contributed by atoms with Crippen LogP contribution in [-0.2, 0) is 23.9 Å². The summed E-state index contributed by atoms with van der Waals surface area (Å²) in [7, 11) is 0. The van der Waals surface area contributed by atoms with E-state index in [2.05, 4.69) is 0 Å². The highest BCUT2D eigenvalue weighted by Gasteiger charge is 2.44. The van der Waals surface area contributed by atoms with Crippen molar-refractivity contribution in [1.29, 1.82) is 0 Å². The third-order valence-corrected chi connectivity index (χ3v) is 6.73. The number of rotatable bonds is 23. The van der Waals surface area contributed by atoms with E-state index in [1.165, 1.54) is 52.9 Å². The van der Waals surface area contributed by atoms with E-state index >= 15 is 0 Å². The van der Waals surface area contributed by atoms with Crippen molar-refractivity contribution in [2.24, 2.45) is 5.41 Å². The van der Waals surface area contributed by atoms with Gasteiger partial charge in [-0.25, -0.2) is 4.79 Å². The van der Waals surface area contributed by atoms with E-state index in [4.69, 9.17) is 14.9 Å². The van der Waals surface area contributed by atoms with Crippen molar-refractivity contribution >= 4 is 23.3 Å². The maximum absolute atomic E-state index is 11.9. The number of aliphatic hydroxyl groups is 3. The Kier molecular flexibility index (Phi) is 18.6. The Morgan fingerprint density at radius 3 is 1.40 bits per heavy atom. The predicted octanol–water partition coefficient (Wildman–Crippen LogP) is 3.85. The fourth-order valence-corrected chi connectivity index (χ4v) is 4.39. The van der Waals surface area contributed by atoms with Crippen LogP contribution in [-0.4, -0.2) is 64.1 Å². The number of ether oxygens (including phenoxy) is 1. The largest absolute Gasteiger partial charge is 0.461 e. The minimum Gasteiger partial charge on any atom is -0.461 e. The lowest BCUT2D eigenvalue weighted by Gasteiger charge is -2.25. The van der Waals surface area contributed by atoms with Crippen molar-refractivity contribution in [1.82, 2.24) is 0 Å². The molecular formula is C27H48O8. The first-order chi connectivity index (χ1) is 16.6. The molecule has 0 aromatic rings. The van der Waals surface area contributed by atoms with Crippen LogP contribution >= 0.6 is 0 Å². The topological polar surface area (TPSA) is 138 Å². The van der Waals surface area contributed by atoms with E-state index < -0.39 is 30.2 Å². The van der Waals surface area contributed by atoms with E-state index in [1.54, 1.807) is 0 Å². The SMILES string of the molecule is CC(=O)C(CCCCCCCCCCCCCCCC(O)C(=O)OCC(O)CO)(C(C)=O)C(C)=O. The molecule has 0 aliphatic carbocycles. The molecule has 0 aliphatic heterocycles. The molecule has 0 aliphatic rings. The van der Waals surface area contributed by atoms with Gasteiger partial charge in [-0.05, 0) is 33.6 Å². The monoisotopic (exact) mass is 500 g/mol. The zero-order valence-electron chi connectivity index (χ0n) is 22.1. The van der Waals surface area contributed by atoms with Crippen molar-refractivity contribution in [3.05, 3.63) is 0 Å². The molecule has 3 N–H and O–H groups in total. The number of ketones is 3. The summed E-state index contributed by atoms with van der Waals surface area (Å²) in [6.45, 7) is 3.21. The van der Waals surface area contributed by atoms with Crippen LogP contribution < -0.4 is 0 Å². The molecule has 0 aromatic carbocycles. The maximum Gasteiger partial charge on any atom is 0.335 e. The lowest BCUT2D eigenvalue weighted by Crippen LogP contribution is -2.43. The summed E-state index contributed by atoms with van der Waals surface area (Å²) in [5.41, 5.74) is -1.43. The second-order valence-electron chi connectivity index (χ2n) is 9.69. The fourth-order valence-electron chi connectivity index (χ4n) is 4.39. The number of aliphatic hydroxyl groups excluding tert-OH is 3. The zero-order valence-corrected chi connectivity index (χ0v) is 22.1. The van der Waals surface area contributed by atoms with E-state index in [0.29, 0.717) is 19.3 Å². The van der Waals surface area contributed by atoms with Gasteiger partial charge >= 0.3 is 5.97 Å². The second-order valence-corrected chi connectivity index (χ2v) is 9.69. The van der Waals surface area contributed by atoms with Crippen LogP contribution in [0.25, 0.3) is 0 Å². The van der Waals surface area contributed by atoms with Crippen molar-refractivity contribution in [2.45, 2.75) is 129 Å². The van der Waals surface area contributed by atoms with E-state index in [-0.39, 0.29) is 24.0 Å². The molecule has 0 heterocycles. The van der Waals surface area contributed by atoms with Crippen molar-refractivity contribution in [3.8, 4) is 0 Å². The van der Waals surface area contributed by atoms with E-state index in [9.17, 15) is 24.3 Å². The molecular weight excluding hydrogens is 452 g/mol. The molecule has 0 saturated heterocycles. The average molecular weight is 501 g/mol. The smallest absolute Gasteiger partial charge is 0.335 e. The third-order valence-electron chi connectivity index (χ3n) is 6.73. The first kappa shape index (κ1) is 33.4. The Morgan fingerprint density at radius 1 is 0.657 bits per heavy atom. The predicted molar refractivity (Wildman–Crippen MR) is 134 cm³/mol. The average Bonchev–Trinajstić information content (AvgIpc) is 2.81. The van der Waals surface area contributed by atoms with Gasteiger partial charge in [0.05, 0.1) is 6.61 Å². The van der Waals surface area contributed by atoms with Gasteiger partial charge < -0.3 is 20.1 Å². The van der Waals surface area contributed by atoms with Gasteiger partial charge in [-0.1, -0.05) is 83.5 Å². The molecule has 0 bridgehead atoms. The van der Waals surface area contributed by atoms with Crippen LogP contribution in [0.4, 0.5) is 0 Å². The maximum atomic E-state index is 11.9. The van der Waals surface area contributed by atoms with Gasteiger partial charge in [-0.15, -0.1) is 0 Å². The van der Waals surface area contributed by atoms with Crippen LogP contribution in [0, 0.1) is 5.41 Å². The summed E-state index contributed by atoms with van der Waals surface area (Å²) in [4.78, 5) is 47.3. The summed E-state index contributed by atoms with van der Waals surface area (Å²) in [6, 6.07) is 0. The summed E-state index contributed by atoms with van der Waals surface area (Å²) in [5, 5.41) is 27.5. The number of hydrogen-bond acceptors (Lipinski definition) is 8. The molecule has 0 amide bonds. The van der Waals surface area contributed by atoms with Gasteiger partial charge in [-0.2, -0.15) is 0 Å². The normalized spacial score (nSPS) is 13.3. The molecule has 204 valence electrons. The Morgan fingerprint density at radius 2 is 1.03 bits per heavy atom. The molecule has 2 unspecified atom stereocenters. The van der Waals surface area contributed by atoms with Gasteiger partial charge in [0.15, 0.2) is 23.5 Å². The van der Waals surface area contributed by atoms with Gasteiger partial charge in [0.25, 0.3) is 0 Å². The van der Waals surface area contributed by atoms with Crippen LogP contribution in [0.1, 0.15) is 117 Å². The Balaban J connectivity index is 3.62. The number of unbranched alkanes of at least 4 members (excludes halogenated alkanes) is 12. The summed E-state index contributed by atoms with van der Waals surface area (Å²) in [6.07, 6.45) is 12.0. The molecule has 0 rings (SSSR count). The fraction of sp³-hybridized carbons (Fsp3) is 0.852. The highest BCUT2D eigenvalue weighted by molar-refractivity contribution is 6.22. The number of carbonyl (C=O) groups excluding carboxylic acids is 4. The lowest BCUT2D eigenvalue weighted by molar-refractivity contribution is -0.157. The first-order valence-electron chi connectivity index (χ1n) is 13.3. The minimum atomic E-state index is -1.43. The van der Waals surface area contributed by atoms with Gasteiger partial charge in [0.1, 0.15) is 18.1 Å². The van der Waals surface area contributed by atoms with Gasteiger partial charge in [0.2, 0.25) is 0 Å². The molecule has 0 radical (unpaired) electrons. The molecule has 0 spiro atoms. The van der Waals surface area contributed by atoms with Crippen LogP contribution in [0.3, 0.4) is 0 Å². The quantitative estimate of drug-likeness (QED) is 0.109. The van der Waals surface area contributed by atoms with E-state index in [0.717, 1.165) is 44.9 Å². The highest BCUT2D eigenvalue weighted by atomic mass is 16.6. The van der Waals surface area contributed by atoms with Crippen molar-refractivity contribution < 1.29 is 39.2 Å². The van der Waals surface area contributed by atoms with Crippen LogP contribution in [0.2, 0.25) is 0 Å². The summed E-state index contributed by atoms with van der Waals surface area (Å²) in [5.74, 6) is -1.78. The van der Waals surface area contributed by atoms with Crippen molar-refractivity contribution in [2.75, 3.05) is 13.2 Å². The molecule has 35 heavy (non-hydrogen) atoms. The number of esters is 1. The molecule has 0 aromatic heterocycles. The molecule has 8 nitrogen and oxygen atoms in total. The second kappa shape index (κ2) is 19.5. The Bertz CT molecular complexity index is 595. The van der Waals surface area contributed by atoms with Crippen LogP contribution in [0.5, 0.6) is 0 Å². The molecule has 0 saturated carbocycles. The van der Waals surface area contributed by atoms with Gasteiger partial charge in [-0.3, -0.25) is 14.4 Å². The lowest BCUT2D eigenvalue weighted by atomic mass is 9.73. The molecule has 0 fully saturated rings. The Hall–Kier alpha value is -1.64. The Labute approximate surface area is 210 Å². The number of carbonyl (C=O) groups is 4. The number of Topliss-reactive ketones (excluding diaryl/α,β-unsaturated/α-hetero) is 3.